The van der Waals surface area contributed by atoms with Crippen molar-refractivity contribution < 1.29 is 8.42 Å². The first-order valence-corrected chi connectivity index (χ1v) is 7.37. The van der Waals surface area contributed by atoms with Crippen LogP contribution in [0.1, 0.15) is 0 Å². The third-order valence-electron chi connectivity index (χ3n) is 2.12. The molecule has 9 heteroatoms. The summed E-state index contributed by atoms with van der Waals surface area (Å²) < 4.78 is 28.5. The minimum Gasteiger partial charge on any atom is -0.247 e. The second-order valence-electron chi connectivity index (χ2n) is 3.39. The molecule has 0 amide bonds. The minimum absolute atomic E-state index is 0.0182. The van der Waals surface area contributed by atoms with E-state index in [9.17, 15) is 8.42 Å². The lowest BCUT2D eigenvalue weighted by Gasteiger charge is -2.08. The van der Waals surface area contributed by atoms with Crippen molar-refractivity contribution in [3.05, 3.63) is 34.0 Å². The Balaban J connectivity index is 2.40. The molecule has 0 aliphatic carbocycles. The fraction of sp³-hybridized carbons (Fsp3) is 0.111. The summed E-state index contributed by atoms with van der Waals surface area (Å²) in [6, 6.07) is 4.51. The number of benzene rings is 1. The second kappa shape index (κ2) is 4.87. The molecule has 0 aliphatic heterocycles. The Kier molecular flexibility index (Phi) is 3.60. The Morgan fingerprint density at radius 1 is 1.44 bits per heavy atom. The summed E-state index contributed by atoms with van der Waals surface area (Å²) in [5, 5.41) is 3.89. The molecule has 2 rings (SSSR count). The van der Waals surface area contributed by atoms with Crippen molar-refractivity contribution in [3.63, 3.8) is 0 Å². The second-order valence-corrected chi connectivity index (χ2v) is 6.36. The highest BCUT2D eigenvalue weighted by atomic mass is 79.9. The van der Waals surface area contributed by atoms with Crippen molar-refractivity contribution in [2.45, 2.75) is 4.90 Å². The summed E-state index contributed by atoms with van der Waals surface area (Å²) in [5.74, 6) is 0.119. The maximum atomic E-state index is 12.1. The third kappa shape index (κ3) is 2.65. The third-order valence-corrected chi connectivity index (χ3v) is 4.42. The van der Waals surface area contributed by atoms with Crippen LogP contribution in [0, 0.1) is 0 Å². The summed E-state index contributed by atoms with van der Waals surface area (Å²) in [6.07, 6.45) is 1.25. The van der Waals surface area contributed by atoms with E-state index in [-0.39, 0.29) is 15.9 Å². The van der Waals surface area contributed by atoms with Gasteiger partial charge in [-0.1, -0.05) is 27.5 Å². The van der Waals surface area contributed by atoms with Crippen LogP contribution in [0.4, 0.5) is 5.95 Å². The molecule has 2 aromatic rings. The zero-order chi connectivity index (χ0) is 13.3. The molecule has 6 nitrogen and oxygen atoms in total. The predicted molar refractivity (Wildman–Crippen MR) is 71.0 cm³/mol. The normalized spacial score (nSPS) is 11.5. The molecular formula is C9H8BrClN4O2S. The number of aryl methyl sites for hydroxylation is 1. The van der Waals surface area contributed by atoms with Crippen LogP contribution >= 0.6 is 27.5 Å². The zero-order valence-electron chi connectivity index (χ0n) is 9.13. The van der Waals surface area contributed by atoms with Crippen molar-refractivity contribution in [1.82, 2.24) is 14.8 Å². The fourth-order valence-electron chi connectivity index (χ4n) is 1.26. The molecule has 18 heavy (non-hydrogen) atoms. The average molecular weight is 352 g/mol. The standard InChI is InChI=1S/C9H8BrClN4O2S/c1-15-9(12-5-13-15)14-18(16,17)8-3-2-6(10)4-7(8)11/h2-5H,1H3,(H,12,13,14). The molecule has 0 saturated carbocycles. The van der Waals surface area contributed by atoms with Crippen LogP contribution in [0.3, 0.4) is 0 Å². The maximum absolute atomic E-state index is 12.1. The van der Waals surface area contributed by atoms with E-state index in [1.165, 1.54) is 23.1 Å². The van der Waals surface area contributed by atoms with Crippen LogP contribution < -0.4 is 4.72 Å². The summed E-state index contributed by atoms with van der Waals surface area (Å²) in [4.78, 5) is 3.76. The van der Waals surface area contributed by atoms with Gasteiger partial charge in [-0.15, -0.1) is 0 Å². The van der Waals surface area contributed by atoms with E-state index < -0.39 is 10.0 Å². The number of sulfonamides is 1. The smallest absolute Gasteiger partial charge is 0.247 e. The molecule has 96 valence electrons. The van der Waals surface area contributed by atoms with Crippen LogP contribution in [-0.4, -0.2) is 23.2 Å². The molecule has 0 bridgehead atoms. The number of nitrogens with one attached hydrogen (secondary N) is 1. The predicted octanol–water partition coefficient (Wildman–Crippen LogP) is 2.03. The lowest BCUT2D eigenvalue weighted by atomic mass is 10.4. The molecule has 0 unspecified atom stereocenters. The van der Waals surface area contributed by atoms with E-state index in [0.29, 0.717) is 4.47 Å². The Morgan fingerprint density at radius 3 is 2.72 bits per heavy atom. The molecule has 0 saturated heterocycles. The molecule has 0 spiro atoms. The molecule has 1 aromatic heterocycles. The highest BCUT2D eigenvalue weighted by molar-refractivity contribution is 9.10. The first kappa shape index (κ1) is 13.3. The van der Waals surface area contributed by atoms with Gasteiger partial charge in [0.05, 0.1) is 5.02 Å². The van der Waals surface area contributed by atoms with Crippen LogP contribution in [0.2, 0.25) is 5.02 Å². The SMILES string of the molecule is Cn1ncnc1NS(=O)(=O)c1ccc(Br)cc1Cl. The average Bonchev–Trinajstić information content (AvgIpc) is 2.63. The van der Waals surface area contributed by atoms with E-state index >= 15 is 0 Å². The van der Waals surface area contributed by atoms with Gasteiger partial charge in [0, 0.05) is 11.5 Å². The highest BCUT2D eigenvalue weighted by Gasteiger charge is 2.20. The molecule has 1 aromatic carbocycles. The van der Waals surface area contributed by atoms with E-state index in [2.05, 4.69) is 30.7 Å². The molecule has 0 atom stereocenters. The first-order chi connectivity index (χ1) is 8.40. The van der Waals surface area contributed by atoms with Gasteiger partial charge >= 0.3 is 0 Å². The quantitative estimate of drug-likeness (QED) is 0.918. The van der Waals surface area contributed by atoms with Crippen molar-refractivity contribution in [2.75, 3.05) is 4.72 Å². The van der Waals surface area contributed by atoms with Gasteiger partial charge in [-0.05, 0) is 18.2 Å². The van der Waals surface area contributed by atoms with Gasteiger partial charge < -0.3 is 0 Å². The number of hydrogen-bond donors (Lipinski definition) is 1. The summed E-state index contributed by atoms with van der Waals surface area (Å²) in [6.45, 7) is 0. The van der Waals surface area contributed by atoms with Gasteiger partial charge in [0.25, 0.3) is 10.0 Å². The number of aromatic nitrogens is 3. The monoisotopic (exact) mass is 350 g/mol. The molecular weight excluding hydrogens is 344 g/mol. The van der Waals surface area contributed by atoms with Gasteiger partial charge in [0.15, 0.2) is 0 Å². The van der Waals surface area contributed by atoms with E-state index in [4.69, 9.17) is 11.6 Å². The van der Waals surface area contributed by atoms with E-state index in [1.807, 2.05) is 0 Å². The summed E-state index contributed by atoms with van der Waals surface area (Å²) >= 11 is 9.11. The zero-order valence-corrected chi connectivity index (χ0v) is 12.3. The van der Waals surface area contributed by atoms with Crippen LogP contribution in [-0.2, 0) is 17.1 Å². The minimum atomic E-state index is -3.78. The van der Waals surface area contributed by atoms with Crippen LogP contribution in [0.15, 0.2) is 33.9 Å². The van der Waals surface area contributed by atoms with Crippen molar-refractivity contribution in [3.8, 4) is 0 Å². The lowest BCUT2D eigenvalue weighted by molar-refractivity contribution is 0.600. The van der Waals surface area contributed by atoms with E-state index in [0.717, 1.165) is 0 Å². The van der Waals surface area contributed by atoms with Gasteiger partial charge in [0.2, 0.25) is 5.95 Å². The van der Waals surface area contributed by atoms with Crippen molar-refractivity contribution in [2.24, 2.45) is 7.05 Å². The Bertz CT molecular complexity index is 686. The van der Waals surface area contributed by atoms with Gasteiger partial charge in [-0.3, -0.25) is 0 Å². The van der Waals surface area contributed by atoms with Crippen LogP contribution in [0.25, 0.3) is 0 Å². The van der Waals surface area contributed by atoms with Crippen molar-refractivity contribution >= 4 is 43.5 Å². The highest BCUT2D eigenvalue weighted by Crippen LogP contribution is 2.26. The lowest BCUT2D eigenvalue weighted by Crippen LogP contribution is -2.16. The van der Waals surface area contributed by atoms with Crippen LogP contribution in [0.5, 0.6) is 0 Å². The summed E-state index contributed by atoms with van der Waals surface area (Å²) in [5.41, 5.74) is 0. The molecule has 0 radical (unpaired) electrons. The van der Waals surface area contributed by atoms with Crippen molar-refractivity contribution in [1.29, 1.82) is 0 Å². The largest absolute Gasteiger partial charge is 0.265 e. The molecule has 1 N–H and O–H groups in total. The topological polar surface area (TPSA) is 76.9 Å². The molecule has 1 heterocycles. The molecule has 0 fully saturated rings. The fourth-order valence-corrected chi connectivity index (χ4v) is 3.33. The number of hydrogen-bond acceptors (Lipinski definition) is 4. The Hall–Kier alpha value is -1.12. The molecule has 0 aliphatic rings. The number of anilines is 1. The number of halogens is 2. The Morgan fingerprint density at radius 2 is 2.17 bits per heavy atom. The maximum Gasteiger partial charge on any atom is 0.265 e. The van der Waals surface area contributed by atoms with E-state index in [1.54, 1.807) is 13.1 Å². The number of rotatable bonds is 3. The number of nitrogens with zero attached hydrogens (tertiary/aromatic N) is 3. The Labute approximate surface area is 117 Å². The first-order valence-electron chi connectivity index (χ1n) is 4.72. The summed E-state index contributed by atoms with van der Waals surface area (Å²) in [7, 11) is -2.20. The van der Waals surface area contributed by atoms with Gasteiger partial charge in [0.1, 0.15) is 11.2 Å². The van der Waals surface area contributed by atoms with Gasteiger partial charge in [-0.2, -0.15) is 10.1 Å². The van der Waals surface area contributed by atoms with Gasteiger partial charge in [-0.25, -0.2) is 17.8 Å².